The number of hydrogen-bond donors (Lipinski definition) is 0. The molecule has 1 fully saturated rings. The lowest BCUT2D eigenvalue weighted by Gasteiger charge is -2.22. The van der Waals surface area contributed by atoms with E-state index in [4.69, 9.17) is 11.6 Å². The van der Waals surface area contributed by atoms with Crippen molar-refractivity contribution in [1.82, 2.24) is 4.98 Å². The van der Waals surface area contributed by atoms with Gasteiger partial charge in [-0.1, -0.05) is 17.7 Å². The first-order valence-electron chi connectivity index (χ1n) is 5.73. The molecule has 0 saturated heterocycles. The number of halogens is 1. The van der Waals surface area contributed by atoms with Gasteiger partial charge in [-0.3, -0.25) is 0 Å². The van der Waals surface area contributed by atoms with Crippen LogP contribution < -0.4 is 4.90 Å². The van der Waals surface area contributed by atoms with Crippen molar-refractivity contribution in [2.45, 2.75) is 25.4 Å². The van der Waals surface area contributed by atoms with E-state index in [1.165, 1.54) is 17.7 Å². The summed E-state index contributed by atoms with van der Waals surface area (Å²) in [5, 5.41) is 2.82. The van der Waals surface area contributed by atoms with E-state index in [0.717, 1.165) is 12.4 Å². The Balaban J connectivity index is 1.82. The van der Waals surface area contributed by atoms with Gasteiger partial charge < -0.3 is 4.90 Å². The predicted octanol–water partition coefficient (Wildman–Crippen LogP) is 3.97. The Bertz CT molecular complexity index is 477. The molecule has 2 aromatic heterocycles. The van der Waals surface area contributed by atoms with Crippen LogP contribution >= 0.6 is 22.9 Å². The third kappa shape index (κ3) is 2.61. The average Bonchev–Trinajstić information content (AvgIpc) is 3.05. The first-order valence-corrected chi connectivity index (χ1v) is 6.99. The smallest absolute Gasteiger partial charge is 0.129 e. The van der Waals surface area contributed by atoms with Crippen molar-refractivity contribution in [3.63, 3.8) is 0 Å². The topological polar surface area (TPSA) is 16.1 Å². The molecule has 17 heavy (non-hydrogen) atoms. The number of nitrogens with zero attached hydrogens (tertiary/aromatic N) is 2. The number of aromatic nitrogens is 1. The van der Waals surface area contributed by atoms with Gasteiger partial charge in [0.25, 0.3) is 0 Å². The molecule has 1 saturated carbocycles. The molecule has 0 radical (unpaired) electrons. The van der Waals surface area contributed by atoms with Gasteiger partial charge in [-0.05, 0) is 36.4 Å². The molecule has 0 spiro atoms. The Labute approximate surface area is 110 Å². The Kier molecular flexibility index (Phi) is 3.04. The minimum absolute atomic E-state index is 0.658. The number of anilines is 1. The lowest BCUT2D eigenvalue weighted by Crippen LogP contribution is -2.25. The van der Waals surface area contributed by atoms with Crippen molar-refractivity contribution in [3.8, 4) is 0 Å². The van der Waals surface area contributed by atoms with Gasteiger partial charge in [-0.2, -0.15) is 0 Å². The highest BCUT2D eigenvalue weighted by Crippen LogP contribution is 2.32. The SMILES string of the molecule is Clc1ccc(N(Cc2cccs2)C2CC2)nc1. The zero-order chi connectivity index (χ0) is 11.7. The van der Waals surface area contributed by atoms with Crippen LogP contribution in [0.2, 0.25) is 5.02 Å². The van der Waals surface area contributed by atoms with E-state index in [1.54, 1.807) is 17.5 Å². The Hall–Kier alpha value is -1.06. The van der Waals surface area contributed by atoms with E-state index in [9.17, 15) is 0 Å². The van der Waals surface area contributed by atoms with Crippen LogP contribution in [0.5, 0.6) is 0 Å². The maximum atomic E-state index is 5.88. The Morgan fingerprint density at radius 2 is 2.24 bits per heavy atom. The molecule has 0 bridgehead atoms. The van der Waals surface area contributed by atoms with Crippen molar-refractivity contribution < 1.29 is 0 Å². The first kappa shape index (κ1) is 11.1. The molecule has 2 heterocycles. The van der Waals surface area contributed by atoms with Gasteiger partial charge in [0.1, 0.15) is 5.82 Å². The lowest BCUT2D eigenvalue weighted by molar-refractivity contribution is 0.786. The van der Waals surface area contributed by atoms with Crippen LogP contribution in [-0.4, -0.2) is 11.0 Å². The molecule has 0 atom stereocenters. The minimum atomic E-state index is 0.658. The number of hydrogen-bond acceptors (Lipinski definition) is 3. The fraction of sp³-hybridized carbons (Fsp3) is 0.308. The largest absolute Gasteiger partial charge is 0.348 e. The molecule has 0 amide bonds. The highest BCUT2D eigenvalue weighted by atomic mass is 35.5. The van der Waals surface area contributed by atoms with Gasteiger partial charge in [-0.25, -0.2) is 4.98 Å². The van der Waals surface area contributed by atoms with Crippen molar-refractivity contribution in [1.29, 1.82) is 0 Å². The summed E-state index contributed by atoms with van der Waals surface area (Å²) in [5.74, 6) is 1.03. The summed E-state index contributed by atoms with van der Waals surface area (Å²) in [4.78, 5) is 8.18. The summed E-state index contributed by atoms with van der Waals surface area (Å²) >= 11 is 7.67. The van der Waals surface area contributed by atoms with Gasteiger partial charge in [-0.15, -0.1) is 11.3 Å². The normalized spacial score (nSPS) is 14.9. The predicted molar refractivity (Wildman–Crippen MR) is 72.8 cm³/mol. The summed E-state index contributed by atoms with van der Waals surface area (Å²) in [6.45, 7) is 0.955. The molecule has 2 aromatic rings. The number of pyridine rings is 1. The molecular formula is C13H13ClN2S. The molecule has 1 aliphatic carbocycles. The highest BCUT2D eigenvalue weighted by molar-refractivity contribution is 7.09. The summed E-state index contributed by atoms with van der Waals surface area (Å²) in [6, 6.07) is 8.85. The molecule has 4 heteroatoms. The van der Waals surface area contributed by atoms with E-state index in [2.05, 4.69) is 27.4 Å². The second-order valence-electron chi connectivity index (χ2n) is 4.27. The van der Waals surface area contributed by atoms with Crippen LogP contribution in [0.15, 0.2) is 35.8 Å². The van der Waals surface area contributed by atoms with Crippen LogP contribution in [0.4, 0.5) is 5.82 Å². The molecular weight excluding hydrogens is 252 g/mol. The van der Waals surface area contributed by atoms with Crippen molar-refractivity contribution >= 4 is 28.8 Å². The van der Waals surface area contributed by atoms with Crippen LogP contribution in [0.25, 0.3) is 0 Å². The number of thiophene rings is 1. The fourth-order valence-corrected chi connectivity index (χ4v) is 2.71. The van der Waals surface area contributed by atoms with Gasteiger partial charge in [0.05, 0.1) is 11.6 Å². The molecule has 0 unspecified atom stereocenters. The zero-order valence-corrected chi connectivity index (χ0v) is 10.9. The molecule has 1 aliphatic rings. The van der Waals surface area contributed by atoms with E-state index in [-0.39, 0.29) is 0 Å². The van der Waals surface area contributed by atoms with Gasteiger partial charge in [0.15, 0.2) is 0 Å². The number of rotatable bonds is 4. The summed E-state index contributed by atoms with van der Waals surface area (Å²) in [5.41, 5.74) is 0. The minimum Gasteiger partial charge on any atom is -0.348 e. The Morgan fingerprint density at radius 3 is 2.82 bits per heavy atom. The highest BCUT2D eigenvalue weighted by Gasteiger charge is 2.30. The van der Waals surface area contributed by atoms with Gasteiger partial charge >= 0.3 is 0 Å². The molecule has 0 aliphatic heterocycles. The van der Waals surface area contributed by atoms with E-state index < -0.39 is 0 Å². The molecule has 3 rings (SSSR count). The molecule has 2 nitrogen and oxygen atoms in total. The van der Waals surface area contributed by atoms with Gasteiger partial charge in [0, 0.05) is 17.1 Å². The summed E-state index contributed by atoms with van der Waals surface area (Å²) in [6.07, 6.45) is 4.27. The van der Waals surface area contributed by atoms with Crippen LogP contribution in [0.3, 0.4) is 0 Å². The molecule has 0 aromatic carbocycles. The van der Waals surface area contributed by atoms with Crippen molar-refractivity contribution in [2.24, 2.45) is 0 Å². The van der Waals surface area contributed by atoms with E-state index in [0.29, 0.717) is 11.1 Å². The van der Waals surface area contributed by atoms with E-state index >= 15 is 0 Å². The second kappa shape index (κ2) is 4.67. The van der Waals surface area contributed by atoms with Crippen molar-refractivity contribution in [2.75, 3.05) is 4.90 Å². The summed E-state index contributed by atoms with van der Waals surface area (Å²) in [7, 11) is 0. The summed E-state index contributed by atoms with van der Waals surface area (Å²) < 4.78 is 0. The molecule has 0 N–H and O–H groups in total. The average molecular weight is 265 g/mol. The Morgan fingerprint density at radius 1 is 1.35 bits per heavy atom. The third-order valence-electron chi connectivity index (χ3n) is 2.90. The van der Waals surface area contributed by atoms with E-state index in [1.807, 2.05) is 12.1 Å². The van der Waals surface area contributed by atoms with Crippen LogP contribution in [-0.2, 0) is 6.54 Å². The van der Waals surface area contributed by atoms with Crippen molar-refractivity contribution in [3.05, 3.63) is 45.7 Å². The zero-order valence-electron chi connectivity index (χ0n) is 9.34. The monoisotopic (exact) mass is 264 g/mol. The molecule has 88 valence electrons. The third-order valence-corrected chi connectivity index (χ3v) is 3.98. The van der Waals surface area contributed by atoms with Crippen LogP contribution in [0.1, 0.15) is 17.7 Å². The second-order valence-corrected chi connectivity index (χ2v) is 5.74. The maximum Gasteiger partial charge on any atom is 0.129 e. The first-order chi connectivity index (χ1) is 8.33. The maximum absolute atomic E-state index is 5.88. The lowest BCUT2D eigenvalue weighted by atomic mass is 10.3. The quantitative estimate of drug-likeness (QED) is 0.831. The van der Waals surface area contributed by atoms with Gasteiger partial charge in [0.2, 0.25) is 0 Å². The standard InChI is InChI=1S/C13H13ClN2S/c14-10-3-6-13(15-8-10)16(11-4-5-11)9-12-2-1-7-17-12/h1-3,6-8,11H,4-5,9H2. The fourth-order valence-electron chi connectivity index (χ4n) is 1.89. The van der Waals surface area contributed by atoms with Crippen LogP contribution in [0, 0.1) is 0 Å².